The Morgan fingerprint density at radius 2 is 2.07 bits per heavy atom. The van der Waals surface area contributed by atoms with Crippen molar-refractivity contribution in [3.8, 4) is 0 Å². The number of aromatic nitrogens is 2. The van der Waals surface area contributed by atoms with Crippen LogP contribution in [-0.2, 0) is 16.1 Å². The third-order valence-electron chi connectivity index (χ3n) is 5.05. The Morgan fingerprint density at radius 3 is 2.93 bits per heavy atom. The lowest BCUT2D eigenvalue weighted by Gasteiger charge is -2.29. The molecule has 0 radical (unpaired) electrons. The van der Waals surface area contributed by atoms with E-state index in [4.69, 9.17) is 0 Å². The highest BCUT2D eigenvalue weighted by atomic mass is 32.1. The predicted octanol–water partition coefficient (Wildman–Crippen LogP) is 2.20. The lowest BCUT2D eigenvalue weighted by molar-refractivity contribution is -0.136. The highest BCUT2D eigenvalue weighted by molar-refractivity contribution is 7.16. The van der Waals surface area contributed by atoms with Crippen molar-refractivity contribution in [1.82, 2.24) is 20.2 Å². The monoisotopic (exact) mass is 393 g/mol. The standard InChI is InChI=1S/C19H15N5O3S/c25-15-4-3-14(17(26)23-15)24-8-10-1-2-11(7-13(10)19(24)27)22-16-12-5-6-28-18(12)21-9-20-16/h1-2,5-7,9,14H,3-4,8H2,(H,20,21,22)(H,23,25,26). The van der Waals surface area contributed by atoms with Gasteiger partial charge < -0.3 is 10.2 Å². The van der Waals surface area contributed by atoms with Crippen molar-refractivity contribution in [2.45, 2.75) is 25.4 Å². The summed E-state index contributed by atoms with van der Waals surface area (Å²) in [4.78, 5) is 47.4. The summed E-state index contributed by atoms with van der Waals surface area (Å²) in [5.74, 6) is -0.215. The van der Waals surface area contributed by atoms with Crippen molar-refractivity contribution in [3.63, 3.8) is 0 Å². The second-order valence-corrected chi connectivity index (χ2v) is 7.65. The molecule has 0 saturated carbocycles. The number of nitrogens with one attached hydrogen (secondary N) is 2. The molecule has 4 heterocycles. The quantitative estimate of drug-likeness (QED) is 0.661. The van der Waals surface area contributed by atoms with E-state index in [1.54, 1.807) is 6.07 Å². The first-order valence-corrected chi connectivity index (χ1v) is 9.71. The zero-order valence-corrected chi connectivity index (χ0v) is 15.5. The largest absolute Gasteiger partial charge is 0.340 e. The molecule has 28 heavy (non-hydrogen) atoms. The number of rotatable bonds is 3. The van der Waals surface area contributed by atoms with Gasteiger partial charge in [0.15, 0.2) is 0 Å². The fourth-order valence-electron chi connectivity index (χ4n) is 3.66. The van der Waals surface area contributed by atoms with Crippen molar-refractivity contribution in [2.24, 2.45) is 0 Å². The molecular weight excluding hydrogens is 378 g/mol. The molecule has 0 spiro atoms. The normalized spacial score (nSPS) is 19.1. The van der Waals surface area contributed by atoms with Crippen LogP contribution in [0.1, 0.15) is 28.8 Å². The molecule has 2 aliphatic heterocycles. The summed E-state index contributed by atoms with van der Waals surface area (Å²) in [5.41, 5.74) is 2.16. The number of carbonyl (C=O) groups is 3. The number of fused-ring (bicyclic) bond motifs is 2. The summed E-state index contributed by atoms with van der Waals surface area (Å²) < 4.78 is 0. The van der Waals surface area contributed by atoms with Crippen LogP contribution in [-0.4, -0.2) is 38.6 Å². The number of nitrogens with zero attached hydrogens (tertiary/aromatic N) is 3. The molecule has 5 rings (SSSR count). The molecule has 3 amide bonds. The third-order valence-corrected chi connectivity index (χ3v) is 5.87. The van der Waals surface area contributed by atoms with E-state index in [1.165, 1.54) is 22.6 Å². The molecule has 2 aliphatic rings. The minimum atomic E-state index is -0.610. The molecule has 2 aromatic heterocycles. The van der Waals surface area contributed by atoms with Crippen LogP contribution in [0.3, 0.4) is 0 Å². The molecule has 2 N–H and O–H groups in total. The first-order chi connectivity index (χ1) is 13.6. The van der Waals surface area contributed by atoms with Crippen LogP contribution in [0.2, 0.25) is 0 Å². The maximum absolute atomic E-state index is 12.9. The average Bonchev–Trinajstić information content (AvgIpc) is 3.28. The van der Waals surface area contributed by atoms with Gasteiger partial charge in [0.05, 0.1) is 5.39 Å². The minimum absolute atomic E-state index is 0.198. The number of hydrogen-bond acceptors (Lipinski definition) is 7. The van der Waals surface area contributed by atoms with Crippen LogP contribution in [0.4, 0.5) is 11.5 Å². The molecule has 1 saturated heterocycles. The summed E-state index contributed by atoms with van der Waals surface area (Å²) in [6.07, 6.45) is 2.10. The highest BCUT2D eigenvalue weighted by Gasteiger charge is 2.39. The summed E-state index contributed by atoms with van der Waals surface area (Å²) >= 11 is 1.54. The van der Waals surface area contributed by atoms with Gasteiger partial charge in [0.2, 0.25) is 11.8 Å². The molecule has 0 bridgehead atoms. The van der Waals surface area contributed by atoms with Crippen LogP contribution >= 0.6 is 11.3 Å². The number of hydrogen-bond donors (Lipinski definition) is 2. The van der Waals surface area contributed by atoms with Crippen molar-refractivity contribution in [3.05, 3.63) is 47.1 Å². The van der Waals surface area contributed by atoms with Crippen LogP contribution in [0.25, 0.3) is 10.2 Å². The minimum Gasteiger partial charge on any atom is -0.340 e. The summed E-state index contributed by atoms with van der Waals surface area (Å²) in [6.45, 7) is 0.364. The third kappa shape index (κ3) is 2.71. The average molecular weight is 393 g/mol. The molecule has 1 aromatic carbocycles. The molecule has 3 aromatic rings. The molecule has 1 fully saturated rings. The molecule has 1 atom stereocenters. The number of benzene rings is 1. The lowest BCUT2D eigenvalue weighted by Crippen LogP contribution is -2.52. The summed E-state index contributed by atoms with van der Waals surface area (Å²) in [7, 11) is 0. The smallest absolute Gasteiger partial charge is 0.255 e. The fraction of sp³-hybridized carbons (Fsp3) is 0.211. The van der Waals surface area contributed by atoms with Crippen molar-refractivity contribution >= 4 is 50.8 Å². The van der Waals surface area contributed by atoms with Gasteiger partial charge in [0.1, 0.15) is 23.0 Å². The van der Waals surface area contributed by atoms with E-state index >= 15 is 0 Å². The summed E-state index contributed by atoms with van der Waals surface area (Å²) in [6, 6.07) is 6.89. The van der Waals surface area contributed by atoms with Gasteiger partial charge in [-0.1, -0.05) is 6.07 Å². The first kappa shape index (κ1) is 16.8. The van der Waals surface area contributed by atoms with Gasteiger partial charge >= 0.3 is 0 Å². The Bertz CT molecular complexity index is 1140. The lowest BCUT2D eigenvalue weighted by atomic mass is 10.0. The van der Waals surface area contributed by atoms with E-state index < -0.39 is 11.9 Å². The van der Waals surface area contributed by atoms with Gasteiger partial charge in [-0.15, -0.1) is 11.3 Å². The SMILES string of the molecule is O=C1CCC(N2Cc3ccc(Nc4ncnc5sccc45)cc3C2=O)C(=O)N1. The van der Waals surface area contributed by atoms with Crippen LogP contribution in [0.15, 0.2) is 36.0 Å². The molecule has 0 aliphatic carbocycles. The van der Waals surface area contributed by atoms with Crippen molar-refractivity contribution < 1.29 is 14.4 Å². The van der Waals surface area contributed by atoms with Gasteiger partial charge in [-0.3, -0.25) is 19.7 Å². The fourth-order valence-corrected chi connectivity index (χ4v) is 4.39. The first-order valence-electron chi connectivity index (χ1n) is 8.83. The van der Waals surface area contributed by atoms with E-state index in [-0.39, 0.29) is 18.2 Å². The zero-order valence-electron chi connectivity index (χ0n) is 14.6. The van der Waals surface area contributed by atoms with Crippen LogP contribution in [0, 0.1) is 0 Å². The van der Waals surface area contributed by atoms with E-state index in [0.717, 1.165) is 21.5 Å². The summed E-state index contributed by atoms with van der Waals surface area (Å²) in [5, 5.41) is 8.44. The molecule has 8 nitrogen and oxygen atoms in total. The highest BCUT2D eigenvalue weighted by Crippen LogP contribution is 2.31. The molecule has 9 heteroatoms. The zero-order chi connectivity index (χ0) is 19.3. The number of thiophene rings is 1. The number of piperidine rings is 1. The predicted molar refractivity (Wildman–Crippen MR) is 103 cm³/mol. The van der Waals surface area contributed by atoms with E-state index in [2.05, 4.69) is 20.6 Å². The van der Waals surface area contributed by atoms with Crippen molar-refractivity contribution in [2.75, 3.05) is 5.32 Å². The Morgan fingerprint density at radius 1 is 1.18 bits per heavy atom. The Balaban J connectivity index is 1.41. The maximum Gasteiger partial charge on any atom is 0.255 e. The molecule has 1 unspecified atom stereocenters. The van der Waals surface area contributed by atoms with Gasteiger partial charge in [-0.2, -0.15) is 0 Å². The van der Waals surface area contributed by atoms with Gasteiger partial charge in [-0.05, 0) is 35.6 Å². The number of carbonyl (C=O) groups excluding carboxylic acids is 3. The Labute approximate surface area is 163 Å². The van der Waals surface area contributed by atoms with E-state index in [0.29, 0.717) is 24.3 Å². The second-order valence-electron chi connectivity index (χ2n) is 6.76. The Kier molecular flexibility index (Phi) is 3.83. The van der Waals surface area contributed by atoms with Gasteiger partial charge in [-0.25, -0.2) is 9.97 Å². The van der Waals surface area contributed by atoms with E-state index in [9.17, 15) is 14.4 Å². The number of anilines is 2. The Hall–Kier alpha value is -3.33. The van der Waals surface area contributed by atoms with Gasteiger partial charge in [0.25, 0.3) is 5.91 Å². The number of amides is 3. The second kappa shape index (κ2) is 6.38. The topological polar surface area (TPSA) is 104 Å². The molecule has 140 valence electrons. The molecular formula is C19H15N5O3S. The van der Waals surface area contributed by atoms with Crippen LogP contribution < -0.4 is 10.6 Å². The maximum atomic E-state index is 12.9. The van der Waals surface area contributed by atoms with E-state index in [1.807, 2.05) is 23.6 Å². The van der Waals surface area contributed by atoms with Gasteiger partial charge in [0, 0.05) is 24.2 Å². The van der Waals surface area contributed by atoms with Crippen molar-refractivity contribution in [1.29, 1.82) is 0 Å². The number of imide groups is 1. The van der Waals surface area contributed by atoms with Crippen LogP contribution in [0.5, 0.6) is 0 Å².